The van der Waals surface area contributed by atoms with Crippen LogP contribution in [0.25, 0.3) is 0 Å². The largest absolute Gasteiger partial charge is 0.397 e. The van der Waals surface area contributed by atoms with Crippen LogP contribution in [-0.4, -0.2) is 5.91 Å². The molecule has 0 fully saturated rings. The topological polar surface area (TPSA) is 55.1 Å². The highest BCUT2D eigenvalue weighted by atomic mass is 35.5. The van der Waals surface area contributed by atoms with Crippen LogP contribution in [0, 0.1) is 0 Å². The highest BCUT2D eigenvalue weighted by Crippen LogP contribution is 2.32. The van der Waals surface area contributed by atoms with E-state index in [1.807, 2.05) is 0 Å². The molecule has 0 atom stereocenters. The van der Waals surface area contributed by atoms with Crippen LogP contribution < -0.4 is 11.1 Å². The summed E-state index contributed by atoms with van der Waals surface area (Å²) in [4.78, 5) is 12.0. The quantitative estimate of drug-likeness (QED) is 0.803. The molecule has 1 amide bonds. The first kappa shape index (κ1) is 14.0. The predicted octanol–water partition coefficient (Wildman–Crippen LogP) is 4.48. The molecule has 0 aromatic heterocycles. The van der Waals surface area contributed by atoms with Crippen molar-refractivity contribution in [3.8, 4) is 0 Å². The first-order valence-electron chi connectivity index (χ1n) is 5.29. The van der Waals surface area contributed by atoms with Gasteiger partial charge in [0.25, 0.3) is 5.91 Å². The second-order valence-corrected chi connectivity index (χ2v) is 5.09. The molecule has 98 valence electrons. The molecular formula is C13H9Cl3N2O. The highest BCUT2D eigenvalue weighted by molar-refractivity contribution is 6.37. The minimum atomic E-state index is -0.326. The summed E-state index contributed by atoms with van der Waals surface area (Å²) >= 11 is 17.5. The van der Waals surface area contributed by atoms with E-state index in [9.17, 15) is 4.79 Å². The molecule has 0 unspecified atom stereocenters. The molecule has 0 bridgehead atoms. The van der Waals surface area contributed by atoms with E-state index in [1.165, 1.54) is 12.1 Å². The number of amides is 1. The molecule has 0 saturated carbocycles. The number of nitrogens with two attached hydrogens (primary N) is 1. The van der Waals surface area contributed by atoms with Crippen molar-refractivity contribution in [2.24, 2.45) is 0 Å². The van der Waals surface area contributed by atoms with Gasteiger partial charge in [-0.2, -0.15) is 0 Å². The molecular weight excluding hydrogens is 307 g/mol. The Labute approximate surface area is 125 Å². The molecule has 0 heterocycles. The van der Waals surface area contributed by atoms with Crippen molar-refractivity contribution in [2.75, 3.05) is 11.1 Å². The number of carbonyl (C=O) groups is 1. The van der Waals surface area contributed by atoms with Crippen molar-refractivity contribution in [2.45, 2.75) is 0 Å². The van der Waals surface area contributed by atoms with E-state index < -0.39 is 0 Å². The van der Waals surface area contributed by atoms with Gasteiger partial charge >= 0.3 is 0 Å². The van der Waals surface area contributed by atoms with Crippen LogP contribution in [0.3, 0.4) is 0 Å². The second-order valence-electron chi connectivity index (χ2n) is 3.81. The summed E-state index contributed by atoms with van der Waals surface area (Å²) in [5, 5.41) is 3.89. The minimum Gasteiger partial charge on any atom is -0.397 e. The Kier molecular flexibility index (Phi) is 4.20. The molecule has 0 aliphatic heterocycles. The fourth-order valence-electron chi connectivity index (χ4n) is 1.51. The lowest BCUT2D eigenvalue weighted by atomic mass is 10.2. The Bertz CT molecular complexity index is 603. The Morgan fingerprint density at radius 3 is 2.21 bits per heavy atom. The Balaban J connectivity index is 2.26. The maximum Gasteiger partial charge on any atom is 0.255 e. The Hall–Kier alpha value is -1.42. The Morgan fingerprint density at radius 2 is 1.63 bits per heavy atom. The number of hydrogen-bond acceptors (Lipinski definition) is 2. The summed E-state index contributed by atoms with van der Waals surface area (Å²) in [5.41, 5.74) is 6.87. The summed E-state index contributed by atoms with van der Waals surface area (Å²) in [6, 6.07) is 9.50. The molecule has 0 radical (unpaired) electrons. The van der Waals surface area contributed by atoms with Gasteiger partial charge in [0.15, 0.2) is 0 Å². The van der Waals surface area contributed by atoms with Crippen LogP contribution in [0.5, 0.6) is 0 Å². The van der Waals surface area contributed by atoms with Gasteiger partial charge < -0.3 is 11.1 Å². The summed E-state index contributed by atoms with van der Waals surface area (Å²) in [7, 11) is 0. The first-order valence-corrected chi connectivity index (χ1v) is 6.42. The smallest absolute Gasteiger partial charge is 0.255 e. The van der Waals surface area contributed by atoms with Crippen molar-refractivity contribution in [1.29, 1.82) is 0 Å². The molecule has 2 aromatic carbocycles. The van der Waals surface area contributed by atoms with Crippen LogP contribution in [0.1, 0.15) is 10.4 Å². The molecule has 2 rings (SSSR count). The average molecular weight is 316 g/mol. The summed E-state index contributed by atoms with van der Waals surface area (Å²) in [5.74, 6) is -0.326. The number of benzene rings is 2. The lowest BCUT2D eigenvalue weighted by Gasteiger charge is -2.10. The number of anilines is 2. The molecule has 6 heteroatoms. The molecule has 19 heavy (non-hydrogen) atoms. The number of rotatable bonds is 2. The van der Waals surface area contributed by atoms with E-state index in [0.29, 0.717) is 27.0 Å². The lowest BCUT2D eigenvalue weighted by Crippen LogP contribution is -2.13. The maximum absolute atomic E-state index is 12.0. The monoisotopic (exact) mass is 314 g/mol. The van der Waals surface area contributed by atoms with Gasteiger partial charge in [0, 0.05) is 15.6 Å². The van der Waals surface area contributed by atoms with Crippen LogP contribution in [0.2, 0.25) is 15.1 Å². The zero-order valence-corrected chi connectivity index (χ0v) is 11.9. The van der Waals surface area contributed by atoms with E-state index >= 15 is 0 Å². The zero-order valence-electron chi connectivity index (χ0n) is 9.58. The molecule has 3 N–H and O–H groups in total. The standard InChI is InChI=1S/C13H9Cl3N2O/c14-8-3-1-7(2-4-8)13(19)18-12-10(16)5-9(15)6-11(12)17/h1-6H,17H2,(H,18,19). The number of hydrogen-bond donors (Lipinski definition) is 2. The van der Waals surface area contributed by atoms with E-state index in [0.717, 1.165) is 0 Å². The SMILES string of the molecule is Nc1cc(Cl)cc(Cl)c1NC(=O)c1ccc(Cl)cc1. The van der Waals surface area contributed by atoms with Crippen molar-refractivity contribution in [3.63, 3.8) is 0 Å². The Morgan fingerprint density at radius 1 is 1.00 bits per heavy atom. The maximum atomic E-state index is 12.0. The normalized spacial score (nSPS) is 10.3. The number of carbonyl (C=O) groups excluding carboxylic acids is 1. The van der Waals surface area contributed by atoms with Crippen LogP contribution >= 0.6 is 34.8 Å². The van der Waals surface area contributed by atoms with Crippen molar-refractivity contribution in [1.82, 2.24) is 0 Å². The molecule has 0 saturated heterocycles. The van der Waals surface area contributed by atoms with E-state index in [1.54, 1.807) is 24.3 Å². The van der Waals surface area contributed by atoms with Gasteiger partial charge in [0.05, 0.1) is 16.4 Å². The van der Waals surface area contributed by atoms with Gasteiger partial charge in [-0.3, -0.25) is 4.79 Å². The number of nitrogen functional groups attached to an aromatic ring is 1. The summed E-state index contributed by atoms with van der Waals surface area (Å²) < 4.78 is 0. The van der Waals surface area contributed by atoms with Gasteiger partial charge in [-0.1, -0.05) is 34.8 Å². The van der Waals surface area contributed by atoms with Gasteiger partial charge in [0.2, 0.25) is 0 Å². The predicted molar refractivity (Wildman–Crippen MR) is 80.3 cm³/mol. The van der Waals surface area contributed by atoms with Crippen molar-refractivity contribution >= 4 is 52.1 Å². The second kappa shape index (κ2) is 5.70. The van der Waals surface area contributed by atoms with Crippen molar-refractivity contribution < 1.29 is 4.79 Å². The summed E-state index contributed by atoms with van der Waals surface area (Å²) in [6.45, 7) is 0. The van der Waals surface area contributed by atoms with Crippen LogP contribution in [0.4, 0.5) is 11.4 Å². The van der Waals surface area contributed by atoms with Gasteiger partial charge in [-0.25, -0.2) is 0 Å². The number of nitrogens with one attached hydrogen (secondary N) is 1. The van der Waals surface area contributed by atoms with Crippen molar-refractivity contribution in [3.05, 3.63) is 57.0 Å². The fraction of sp³-hybridized carbons (Fsp3) is 0. The average Bonchev–Trinajstić information content (AvgIpc) is 2.34. The third-order valence-electron chi connectivity index (χ3n) is 2.43. The lowest BCUT2D eigenvalue weighted by molar-refractivity contribution is 0.102. The van der Waals surface area contributed by atoms with Crippen LogP contribution in [-0.2, 0) is 0 Å². The molecule has 0 aliphatic carbocycles. The molecule has 3 nitrogen and oxygen atoms in total. The molecule has 0 aliphatic rings. The highest BCUT2D eigenvalue weighted by Gasteiger charge is 2.12. The van der Waals surface area contributed by atoms with Crippen LogP contribution in [0.15, 0.2) is 36.4 Å². The number of halogens is 3. The van der Waals surface area contributed by atoms with E-state index in [-0.39, 0.29) is 10.9 Å². The van der Waals surface area contributed by atoms with Gasteiger partial charge in [0.1, 0.15) is 0 Å². The minimum absolute atomic E-state index is 0.285. The molecule has 0 spiro atoms. The fourth-order valence-corrected chi connectivity index (χ4v) is 2.19. The van der Waals surface area contributed by atoms with Gasteiger partial charge in [-0.05, 0) is 36.4 Å². The first-order chi connectivity index (χ1) is 8.97. The van der Waals surface area contributed by atoms with Gasteiger partial charge in [-0.15, -0.1) is 0 Å². The van der Waals surface area contributed by atoms with E-state index in [4.69, 9.17) is 40.5 Å². The van der Waals surface area contributed by atoms with E-state index in [2.05, 4.69) is 5.32 Å². The summed E-state index contributed by atoms with van der Waals surface area (Å²) in [6.07, 6.45) is 0. The molecule has 2 aromatic rings. The third kappa shape index (κ3) is 3.32. The zero-order chi connectivity index (χ0) is 14.0. The third-order valence-corrected chi connectivity index (χ3v) is 3.20.